The molecule has 4 atom stereocenters. The van der Waals surface area contributed by atoms with Crippen molar-refractivity contribution in [2.75, 3.05) is 14.2 Å². The van der Waals surface area contributed by atoms with Crippen LogP contribution in [-0.4, -0.2) is 70.1 Å². The molecule has 1 N–H and O–H groups in total. The van der Waals surface area contributed by atoms with Crippen LogP contribution in [0.2, 0.25) is 0 Å². The number of nitrogens with one attached hydrogen (secondary N) is 1. The molecule has 0 aliphatic heterocycles. The molecule has 3 aliphatic carbocycles. The van der Waals surface area contributed by atoms with Crippen LogP contribution in [0.3, 0.4) is 0 Å². The van der Waals surface area contributed by atoms with E-state index in [1.165, 1.54) is 25.4 Å². The lowest BCUT2D eigenvalue weighted by atomic mass is 9.39. The molecule has 0 unspecified atom stereocenters. The second kappa shape index (κ2) is 13.8. The number of hydrogen-bond acceptors (Lipinski definition) is 10. The van der Waals surface area contributed by atoms with Gasteiger partial charge in [0.05, 0.1) is 12.5 Å². The molecule has 45 heavy (non-hydrogen) atoms. The molecule has 0 aromatic carbocycles. The molecule has 3 fully saturated rings. The first kappa shape index (κ1) is 34.2. The average Bonchev–Trinajstić information content (AvgIpc) is 3.48. The van der Waals surface area contributed by atoms with E-state index >= 15 is 0 Å². The average molecular weight is 641 g/mol. The number of aromatic nitrogens is 2. The number of rotatable bonds is 15. The molecule has 244 valence electrons. The van der Waals surface area contributed by atoms with Gasteiger partial charge in [-0.15, -0.1) is 11.3 Å². The summed E-state index contributed by atoms with van der Waals surface area (Å²) in [5.41, 5.74) is -0.359. The SMILES string of the molecule is CC[C@@H](C)[C@H](CC(=O)c1ccccn1)C(=O)N(C)[C@H](C[C@@H](OC(C)=O)c1nc(C(=O)NC23CC(C(=O)OC)(C2)C3)cs1)C(C)C. The fourth-order valence-electron chi connectivity index (χ4n) is 6.77. The predicted molar refractivity (Wildman–Crippen MR) is 167 cm³/mol. The molecule has 3 aliphatic rings. The summed E-state index contributed by atoms with van der Waals surface area (Å²) in [6, 6.07) is 4.79. The fourth-order valence-corrected chi connectivity index (χ4v) is 7.61. The highest BCUT2D eigenvalue weighted by Crippen LogP contribution is 2.67. The van der Waals surface area contributed by atoms with Gasteiger partial charge in [0.25, 0.3) is 5.91 Å². The van der Waals surface area contributed by atoms with Crippen LogP contribution in [0.1, 0.15) is 105 Å². The molecule has 2 heterocycles. The van der Waals surface area contributed by atoms with E-state index < -0.39 is 28.9 Å². The first-order valence-corrected chi connectivity index (χ1v) is 16.4. The summed E-state index contributed by atoms with van der Waals surface area (Å²) < 4.78 is 10.6. The van der Waals surface area contributed by atoms with Crippen molar-refractivity contribution in [1.82, 2.24) is 20.2 Å². The summed E-state index contributed by atoms with van der Waals surface area (Å²) in [4.78, 5) is 74.7. The largest absolute Gasteiger partial charge is 0.469 e. The number of methoxy groups -OCH3 is 1. The molecular weight excluding hydrogens is 596 g/mol. The van der Waals surface area contributed by atoms with E-state index in [1.807, 2.05) is 27.7 Å². The highest BCUT2D eigenvalue weighted by molar-refractivity contribution is 7.09. The highest BCUT2D eigenvalue weighted by Gasteiger charge is 2.73. The van der Waals surface area contributed by atoms with Gasteiger partial charge in [-0.1, -0.05) is 40.2 Å². The number of amides is 2. The number of ketones is 1. The summed E-state index contributed by atoms with van der Waals surface area (Å²) >= 11 is 1.22. The van der Waals surface area contributed by atoms with Gasteiger partial charge in [-0.05, 0) is 43.2 Å². The quantitative estimate of drug-likeness (QED) is 0.215. The molecule has 0 spiro atoms. The minimum absolute atomic E-state index is 0.0183. The van der Waals surface area contributed by atoms with Gasteiger partial charge in [0.2, 0.25) is 5.91 Å². The third-order valence-electron chi connectivity index (χ3n) is 9.44. The van der Waals surface area contributed by atoms with Crippen molar-refractivity contribution in [3.8, 4) is 0 Å². The lowest BCUT2D eigenvalue weighted by Crippen LogP contribution is -2.77. The van der Waals surface area contributed by atoms with Gasteiger partial charge in [-0.2, -0.15) is 0 Å². The Balaban J connectivity index is 1.47. The molecule has 0 radical (unpaired) electrons. The molecule has 2 aromatic rings. The summed E-state index contributed by atoms with van der Waals surface area (Å²) in [7, 11) is 3.10. The van der Waals surface area contributed by atoms with E-state index in [2.05, 4.69) is 15.3 Å². The van der Waals surface area contributed by atoms with Gasteiger partial charge in [0.15, 0.2) is 11.9 Å². The zero-order valence-corrected chi connectivity index (χ0v) is 27.9. The van der Waals surface area contributed by atoms with Gasteiger partial charge < -0.3 is 19.7 Å². The van der Waals surface area contributed by atoms with Crippen molar-refractivity contribution < 1.29 is 33.4 Å². The maximum Gasteiger partial charge on any atom is 0.312 e. The molecule has 2 bridgehead atoms. The molecule has 5 rings (SSSR count). The molecule has 0 saturated heterocycles. The molecule has 12 heteroatoms. The summed E-state index contributed by atoms with van der Waals surface area (Å²) in [6.45, 7) is 9.26. The smallest absolute Gasteiger partial charge is 0.312 e. The number of carbonyl (C=O) groups excluding carboxylic acids is 5. The van der Waals surface area contributed by atoms with Crippen LogP contribution in [0.25, 0.3) is 0 Å². The number of carbonyl (C=O) groups is 5. The van der Waals surface area contributed by atoms with Crippen LogP contribution in [-0.2, 0) is 23.9 Å². The normalized spacial score (nSPS) is 22.6. The highest BCUT2D eigenvalue weighted by atomic mass is 32.1. The van der Waals surface area contributed by atoms with Crippen molar-refractivity contribution >= 4 is 40.9 Å². The Labute approximate surface area is 268 Å². The van der Waals surface area contributed by atoms with Crippen LogP contribution >= 0.6 is 11.3 Å². The number of esters is 2. The van der Waals surface area contributed by atoms with Crippen molar-refractivity contribution in [1.29, 1.82) is 0 Å². The van der Waals surface area contributed by atoms with Crippen molar-refractivity contribution in [2.45, 2.75) is 90.8 Å². The van der Waals surface area contributed by atoms with Crippen LogP contribution in [0, 0.1) is 23.2 Å². The minimum atomic E-state index is -0.786. The van der Waals surface area contributed by atoms with Gasteiger partial charge in [0.1, 0.15) is 16.4 Å². The van der Waals surface area contributed by atoms with E-state index in [1.54, 1.807) is 41.7 Å². The van der Waals surface area contributed by atoms with E-state index in [-0.39, 0.29) is 60.0 Å². The van der Waals surface area contributed by atoms with Gasteiger partial charge in [-0.25, -0.2) is 4.98 Å². The lowest BCUT2D eigenvalue weighted by molar-refractivity contribution is -0.199. The molecule has 2 amide bonds. The number of ether oxygens (including phenoxy) is 2. The number of thiazole rings is 1. The first-order valence-electron chi connectivity index (χ1n) is 15.5. The second-order valence-electron chi connectivity index (χ2n) is 13.0. The minimum Gasteiger partial charge on any atom is -0.469 e. The monoisotopic (exact) mass is 640 g/mol. The van der Waals surface area contributed by atoms with E-state index in [9.17, 15) is 24.0 Å². The third kappa shape index (κ3) is 7.26. The molecule has 11 nitrogen and oxygen atoms in total. The summed E-state index contributed by atoms with van der Waals surface area (Å²) in [5.74, 6) is -2.04. The topological polar surface area (TPSA) is 145 Å². The van der Waals surface area contributed by atoms with Crippen molar-refractivity contribution in [2.24, 2.45) is 23.2 Å². The van der Waals surface area contributed by atoms with Gasteiger partial charge in [0, 0.05) is 55.9 Å². The van der Waals surface area contributed by atoms with Crippen LogP contribution < -0.4 is 5.32 Å². The van der Waals surface area contributed by atoms with Crippen LogP contribution in [0.5, 0.6) is 0 Å². The zero-order chi connectivity index (χ0) is 33.1. The Morgan fingerprint density at radius 2 is 1.78 bits per heavy atom. The standard InChI is InChI=1S/C33H44N4O7S/c1-8-20(4)22(13-26(39)23-11-9-10-12-34-23)30(41)37(6)25(19(2)3)14-27(44-21(5)38)29-35-24(15-45-29)28(40)36-33-16-32(17-33,18-33)31(42)43-7/h9-12,15,19-20,22,25,27H,8,13-14,16-18H2,1-7H3,(H,36,40)/t20-,22+,25-,27-,32?,33?/m1/s1. The Hall–Kier alpha value is -3.67. The van der Waals surface area contributed by atoms with Gasteiger partial charge in [-0.3, -0.25) is 29.0 Å². The molecular formula is C33H44N4O7S. The Bertz CT molecular complexity index is 1410. The van der Waals surface area contributed by atoms with E-state index in [0.29, 0.717) is 30.0 Å². The summed E-state index contributed by atoms with van der Waals surface area (Å²) in [5, 5.41) is 5.11. The maximum atomic E-state index is 14.0. The molecule has 3 saturated carbocycles. The van der Waals surface area contributed by atoms with Gasteiger partial charge >= 0.3 is 11.9 Å². The first-order chi connectivity index (χ1) is 21.2. The second-order valence-corrected chi connectivity index (χ2v) is 13.9. The number of nitrogens with zero attached hydrogens (tertiary/aromatic N) is 3. The predicted octanol–water partition coefficient (Wildman–Crippen LogP) is 4.78. The van der Waals surface area contributed by atoms with Crippen molar-refractivity contribution in [3.05, 3.63) is 46.2 Å². The Kier molecular flexibility index (Phi) is 10.5. The van der Waals surface area contributed by atoms with E-state index in [4.69, 9.17) is 9.47 Å². The molecule has 2 aromatic heterocycles. The Morgan fingerprint density at radius 1 is 1.09 bits per heavy atom. The number of hydrogen-bond donors (Lipinski definition) is 1. The van der Waals surface area contributed by atoms with Crippen molar-refractivity contribution in [3.63, 3.8) is 0 Å². The lowest BCUT2D eigenvalue weighted by Gasteiger charge is -2.68. The fraction of sp³-hybridized carbons (Fsp3) is 0.606. The third-order valence-corrected chi connectivity index (χ3v) is 10.4. The van der Waals surface area contributed by atoms with Crippen LogP contribution in [0.4, 0.5) is 0 Å². The zero-order valence-electron chi connectivity index (χ0n) is 27.1. The number of Topliss-reactive ketones (excluding diaryl/α,β-unsaturated/α-hetero) is 1. The van der Waals surface area contributed by atoms with E-state index in [0.717, 1.165) is 6.42 Å². The maximum absolute atomic E-state index is 14.0. The number of pyridine rings is 1. The van der Waals surface area contributed by atoms with Crippen LogP contribution in [0.15, 0.2) is 29.8 Å². The summed E-state index contributed by atoms with van der Waals surface area (Å²) in [6.07, 6.45) is 3.45. The Morgan fingerprint density at radius 3 is 2.33 bits per heavy atom.